The number of hydrogen-bond acceptors (Lipinski definition) is 4. The van der Waals surface area contributed by atoms with Gasteiger partial charge in [-0.3, -0.25) is 4.79 Å². The number of phenols is 1. The molecule has 0 bridgehead atoms. The van der Waals surface area contributed by atoms with Crippen LogP contribution in [0.2, 0.25) is 10.0 Å². The molecule has 0 spiro atoms. The second kappa shape index (κ2) is 7.48. The van der Waals surface area contributed by atoms with Crippen LogP contribution in [0.25, 0.3) is 0 Å². The van der Waals surface area contributed by atoms with E-state index in [1.807, 2.05) is 4.90 Å². The summed E-state index contributed by atoms with van der Waals surface area (Å²) in [6.45, 7) is 3.15. The first-order valence-corrected chi connectivity index (χ1v) is 9.16. The van der Waals surface area contributed by atoms with Gasteiger partial charge in [0.2, 0.25) is 5.91 Å². The van der Waals surface area contributed by atoms with Crippen molar-refractivity contribution in [2.24, 2.45) is 17.6 Å². The van der Waals surface area contributed by atoms with E-state index in [0.29, 0.717) is 15.6 Å². The number of rotatable bonds is 3. The van der Waals surface area contributed by atoms with Gasteiger partial charge < -0.3 is 21.1 Å². The van der Waals surface area contributed by atoms with Crippen molar-refractivity contribution in [1.29, 1.82) is 0 Å². The summed E-state index contributed by atoms with van der Waals surface area (Å²) in [6.07, 6.45) is 2.58. The second-order valence-electron chi connectivity index (χ2n) is 6.70. The van der Waals surface area contributed by atoms with Gasteiger partial charge in [-0.25, -0.2) is 0 Å². The van der Waals surface area contributed by atoms with Gasteiger partial charge in [0.05, 0.1) is 16.0 Å². The summed E-state index contributed by atoms with van der Waals surface area (Å²) in [7, 11) is 0. The lowest BCUT2D eigenvalue weighted by atomic mass is 9.85. The fraction of sp³-hybridized carbons (Fsp3) is 0.588. The monoisotopic (exact) mass is 371 g/mol. The molecule has 1 unspecified atom stereocenters. The van der Waals surface area contributed by atoms with Crippen LogP contribution in [0.4, 0.5) is 0 Å². The highest BCUT2D eigenvalue weighted by Gasteiger charge is 2.32. The number of aromatic hydroxyl groups is 1. The number of phenolic OH excluding ortho intramolecular Hbond substituents is 1. The average molecular weight is 372 g/mol. The Kier molecular flexibility index (Phi) is 5.55. The van der Waals surface area contributed by atoms with Crippen LogP contribution < -0.4 is 11.1 Å². The Morgan fingerprint density at radius 1 is 1.25 bits per heavy atom. The van der Waals surface area contributed by atoms with Crippen LogP contribution in [0.15, 0.2) is 12.1 Å². The molecule has 24 heavy (non-hydrogen) atoms. The van der Waals surface area contributed by atoms with Gasteiger partial charge in [-0.1, -0.05) is 23.2 Å². The van der Waals surface area contributed by atoms with Gasteiger partial charge in [0.1, 0.15) is 5.75 Å². The first-order valence-electron chi connectivity index (χ1n) is 8.40. The molecule has 2 saturated heterocycles. The van der Waals surface area contributed by atoms with E-state index >= 15 is 0 Å². The van der Waals surface area contributed by atoms with Crippen molar-refractivity contribution < 1.29 is 9.90 Å². The predicted octanol–water partition coefficient (Wildman–Crippen LogP) is 2.55. The number of benzene rings is 1. The van der Waals surface area contributed by atoms with Crippen LogP contribution in [-0.2, 0) is 4.79 Å². The molecule has 0 saturated carbocycles. The summed E-state index contributed by atoms with van der Waals surface area (Å²) in [6, 6.07) is 2.77. The van der Waals surface area contributed by atoms with Gasteiger partial charge in [0, 0.05) is 37.3 Å². The quantitative estimate of drug-likeness (QED) is 0.762. The van der Waals surface area contributed by atoms with E-state index in [2.05, 4.69) is 5.32 Å². The molecule has 132 valence electrons. The fourth-order valence-corrected chi connectivity index (χ4v) is 4.01. The number of nitrogens with one attached hydrogen (secondary N) is 1. The number of likely N-dealkylation sites (tertiary alicyclic amines) is 1. The van der Waals surface area contributed by atoms with Crippen molar-refractivity contribution in [2.75, 3.05) is 26.2 Å². The first kappa shape index (κ1) is 17.8. The van der Waals surface area contributed by atoms with E-state index in [-0.39, 0.29) is 29.5 Å². The maximum absolute atomic E-state index is 12.5. The summed E-state index contributed by atoms with van der Waals surface area (Å²) in [5.74, 6) is 0.657. The number of carbonyl (C=O) groups is 1. The molecular weight excluding hydrogens is 349 g/mol. The smallest absolute Gasteiger partial charge is 0.227 e. The molecule has 5 nitrogen and oxygen atoms in total. The minimum atomic E-state index is -0.315. The summed E-state index contributed by atoms with van der Waals surface area (Å²) in [5.41, 5.74) is 6.98. The molecule has 2 aliphatic heterocycles. The topological polar surface area (TPSA) is 78.6 Å². The molecule has 7 heteroatoms. The highest BCUT2D eigenvalue weighted by molar-refractivity contribution is 6.42. The lowest BCUT2D eigenvalue weighted by Crippen LogP contribution is -2.44. The Hall–Kier alpha value is -1.01. The molecule has 2 atom stereocenters. The fourth-order valence-electron chi connectivity index (χ4n) is 3.68. The summed E-state index contributed by atoms with van der Waals surface area (Å²) in [5, 5.41) is 14.0. The average Bonchev–Trinajstić information content (AvgIpc) is 3.11. The molecule has 1 aromatic carbocycles. The Labute approximate surface area is 152 Å². The van der Waals surface area contributed by atoms with Gasteiger partial charge in [-0.15, -0.1) is 0 Å². The molecule has 2 aliphatic rings. The normalized spacial score (nSPS) is 23.5. The van der Waals surface area contributed by atoms with Crippen LogP contribution in [0.1, 0.15) is 30.9 Å². The highest BCUT2D eigenvalue weighted by Crippen LogP contribution is 2.37. The number of piperidine rings is 1. The number of carbonyl (C=O) groups excluding carboxylic acids is 1. The van der Waals surface area contributed by atoms with Crippen molar-refractivity contribution in [3.8, 4) is 5.75 Å². The maximum atomic E-state index is 12.5. The molecule has 3 rings (SSSR count). The van der Waals surface area contributed by atoms with Gasteiger partial charge in [-0.05, 0) is 37.8 Å². The van der Waals surface area contributed by atoms with Crippen LogP contribution in [0.3, 0.4) is 0 Å². The summed E-state index contributed by atoms with van der Waals surface area (Å²) in [4.78, 5) is 14.4. The SMILES string of the molecule is NC(c1cc(Cl)c(Cl)cc1O)C1CCN(C(=O)[C@H]2CCNC2)CC1. The third-order valence-electron chi connectivity index (χ3n) is 5.20. The zero-order valence-electron chi connectivity index (χ0n) is 13.5. The third-order valence-corrected chi connectivity index (χ3v) is 5.92. The molecule has 1 amide bonds. The van der Waals surface area contributed by atoms with Gasteiger partial charge in [0.25, 0.3) is 0 Å². The Morgan fingerprint density at radius 3 is 2.54 bits per heavy atom. The summed E-state index contributed by atoms with van der Waals surface area (Å²) < 4.78 is 0. The summed E-state index contributed by atoms with van der Waals surface area (Å²) >= 11 is 12.0. The minimum Gasteiger partial charge on any atom is -0.508 e. The van der Waals surface area contributed by atoms with Crippen molar-refractivity contribution in [3.05, 3.63) is 27.7 Å². The molecule has 0 aromatic heterocycles. The van der Waals surface area contributed by atoms with E-state index in [1.165, 1.54) is 6.07 Å². The van der Waals surface area contributed by atoms with Crippen molar-refractivity contribution in [3.63, 3.8) is 0 Å². The molecule has 0 aliphatic carbocycles. The number of nitrogens with two attached hydrogens (primary N) is 1. The van der Waals surface area contributed by atoms with Gasteiger partial charge >= 0.3 is 0 Å². The van der Waals surface area contributed by atoms with Gasteiger partial charge in [-0.2, -0.15) is 0 Å². The molecule has 1 aromatic rings. The van der Waals surface area contributed by atoms with Crippen LogP contribution >= 0.6 is 23.2 Å². The Bertz CT molecular complexity index is 612. The van der Waals surface area contributed by atoms with Crippen LogP contribution in [-0.4, -0.2) is 42.1 Å². The zero-order valence-corrected chi connectivity index (χ0v) is 15.0. The number of amides is 1. The Balaban J connectivity index is 1.62. The number of nitrogens with zero attached hydrogens (tertiary/aromatic N) is 1. The molecule has 2 heterocycles. The predicted molar refractivity (Wildman–Crippen MR) is 95.3 cm³/mol. The van der Waals surface area contributed by atoms with Crippen molar-refractivity contribution >= 4 is 29.1 Å². The van der Waals surface area contributed by atoms with E-state index in [9.17, 15) is 9.90 Å². The molecular formula is C17H23Cl2N3O2. The molecule has 2 fully saturated rings. The number of hydrogen-bond donors (Lipinski definition) is 3. The minimum absolute atomic E-state index is 0.0763. The molecule has 4 N–H and O–H groups in total. The highest BCUT2D eigenvalue weighted by atomic mass is 35.5. The first-order chi connectivity index (χ1) is 11.5. The van der Waals surface area contributed by atoms with E-state index in [1.54, 1.807) is 6.07 Å². The largest absolute Gasteiger partial charge is 0.508 e. The van der Waals surface area contributed by atoms with Crippen molar-refractivity contribution in [2.45, 2.75) is 25.3 Å². The van der Waals surface area contributed by atoms with Crippen molar-refractivity contribution in [1.82, 2.24) is 10.2 Å². The van der Waals surface area contributed by atoms with Crippen LogP contribution in [0.5, 0.6) is 5.75 Å². The third kappa shape index (κ3) is 3.64. The lowest BCUT2D eigenvalue weighted by Gasteiger charge is -2.36. The lowest BCUT2D eigenvalue weighted by molar-refractivity contribution is -0.136. The molecule has 0 radical (unpaired) electrons. The van der Waals surface area contributed by atoms with Crippen LogP contribution in [0, 0.1) is 11.8 Å². The zero-order chi connectivity index (χ0) is 17.3. The van der Waals surface area contributed by atoms with E-state index < -0.39 is 0 Å². The standard InChI is InChI=1S/C17H23Cl2N3O2/c18-13-7-12(15(23)8-14(13)19)16(20)10-2-5-22(6-3-10)17(24)11-1-4-21-9-11/h7-8,10-11,16,21,23H,1-6,9,20H2/t11-,16?/m0/s1. The Morgan fingerprint density at radius 2 is 1.92 bits per heavy atom. The maximum Gasteiger partial charge on any atom is 0.227 e. The van der Waals surface area contributed by atoms with E-state index in [4.69, 9.17) is 28.9 Å². The van der Waals surface area contributed by atoms with E-state index in [0.717, 1.165) is 45.4 Å². The second-order valence-corrected chi connectivity index (χ2v) is 7.52. The number of halogens is 2. The van der Waals surface area contributed by atoms with Gasteiger partial charge in [0.15, 0.2) is 0 Å².